The molecule has 3 nitrogen and oxygen atoms in total. The zero-order valence-corrected chi connectivity index (χ0v) is 27.2. The molecule has 2 N–H and O–H groups in total. The highest BCUT2D eigenvalue weighted by atomic mass is 15.0. The molecule has 2 atom stereocenters. The van der Waals surface area contributed by atoms with Crippen LogP contribution in [0.5, 0.6) is 0 Å². The van der Waals surface area contributed by atoms with Gasteiger partial charge in [0.15, 0.2) is 0 Å². The van der Waals surface area contributed by atoms with Gasteiger partial charge < -0.3 is 10.6 Å². The number of pyridine rings is 1. The molecule has 0 saturated heterocycles. The van der Waals surface area contributed by atoms with E-state index in [1.807, 2.05) is 12.2 Å². The maximum Gasteiger partial charge on any atom is 0.0787 e. The second-order valence-electron chi connectivity index (χ2n) is 12.0. The minimum Gasteiger partial charge on any atom is -0.379 e. The summed E-state index contributed by atoms with van der Waals surface area (Å²) in [6.45, 7) is 15.4. The molecule has 230 valence electrons. The fourth-order valence-electron chi connectivity index (χ4n) is 6.58. The number of aromatic nitrogens is 1. The summed E-state index contributed by atoms with van der Waals surface area (Å²) in [6, 6.07) is 25.9. The lowest BCUT2D eigenvalue weighted by molar-refractivity contribution is 0.672. The first-order valence-electron chi connectivity index (χ1n) is 16.3. The fraction of sp³-hybridized carbons (Fsp3) is 0.186. The second-order valence-corrected chi connectivity index (χ2v) is 12.0. The molecule has 6 rings (SSSR count). The van der Waals surface area contributed by atoms with Crippen LogP contribution in [0, 0.1) is 5.92 Å². The summed E-state index contributed by atoms with van der Waals surface area (Å²) in [5, 5.41) is 11.2. The Morgan fingerprint density at radius 3 is 2.50 bits per heavy atom. The number of nitrogens with one attached hydrogen (secondary N) is 2. The van der Waals surface area contributed by atoms with Gasteiger partial charge >= 0.3 is 0 Å². The average Bonchev–Trinajstić information content (AvgIpc) is 3.11. The van der Waals surface area contributed by atoms with Crippen molar-refractivity contribution in [2.24, 2.45) is 5.92 Å². The Kier molecular flexibility index (Phi) is 9.30. The van der Waals surface area contributed by atoms with E-state index in [2.05, 4.69) is 154 Å². The average molecular weight is 602 g/mol. The zero-order valence-electron chi connectivity index (χ0n) is 27.2. The smallest absolute Gasteiger partial charge is 0.0787 e. The molecule has 0 radical (unpaired) electrons. The summed E-state index contributed by atoms with van der Waals surface area (Å²) in [6.07, 6.45) is 19.3. The molecule has 0 saturated carbocycles. The van der Waals surface area contributed by atoms with Crippen LogP contribution in [0.25, 0.3) is 32.9 Å². The van der Waals surface area contributed by atoms with Crippen LogP contribution in [-0.4, -0.2) is 11.5 Å². The highest BCUT2D eigenvalue weighted by Crippen LogP contribution is 2.32. The molecular weight excluding hydrogens is 558 g/mol. The molecule has 2 aliphatic rings. The van der Waals surface area contributed by atoms with Gasteiger partial charge in [0.25, 0.3) is 0 Å². The molecular formula is C43H43N3. The van der Waals surface area contributed by atoms with Gasteiger partial charge in [0.05, 0.1) is 28.6 Å². The fourth-order valence-corrected chi connectivity index (χ4v) is 6.58. The lowest BCUT2D eigenvalue weighted by Crippen LogP contribution is -2.31. The summed E-state index contributed by atoms with van der Waals surface area (Å²) < 4.78 is 0. The molecule has 0 spiro atoms. The number of dihydropyridines is 1. The van der Waals surface area contributed by atoms with Crippen LogP contribution in [0.15, 0.2) is 168 Å². The number of fused-ring (bicyclic) bond motifs is 3. The third kappa shape index (κ3) is 6.19. The Morgan fingerprint density at radius 1 is 0.957 bits per heavy atom. The SMILES string of the molecule is C=CC1=C(CN/C(C2=C(CC)C=CC(c3ccc(-c4ccc5ccc6ccccc6c5n4)cc3)N2)=C(/C)C=C)C=CCC1/C=C\C. The number of rotatable bonds is 10. The molecule has 2 heterocycles. The van der Waals surface area contributed by atoms with Gasteiger partial charge in [-0.25, -0.2) is 4.98 Å². The molecule has 2 unspecified atom stereocenters. The van der Waals surface area contributed by atoms with Crippen molar-refractivity contribution in [3.05, 3.63) is 174 Å². The topological polar surface area (TPSA) is 37.0 Å². The third-order valence-electron chi connectivity index (χ3n) is 9.17. The number of hydrogen-bond acceptors (Lipinski definition) is 3. The highest BCUT2D eigenvalue weighted by Gasteiger charge is 2.22. The van der Waals surface area contributed by atoms with E-state index in [9.17, 15) is 0 Å². The van der Waals surface area contributed by atoms with Crippen molar-refractivity contribution < 1.29 is 0 Å². The lowest BCUT2D eigenvalue weighted by Gasteiger charge is -2.29. The van der Waals surface area contributed by atoms with Gasteiger partial charge in [-0.1, -0.05) is 135 Å². The van der Waals surface area contributed by atoms with Crippen LogP contribution >= 0.6 is 0 Å². The zero-order chi connectivity index (χ0) is 32.0. The summed E-state index contributed by atoms with van der Waals surface area (Å²) in [5.41, 5.74) is 11.5. The molecule has 3 heteroatoms. The normalized spacial score (nSPS) is 18.7. The monoisotopic (exact) mass is 601 g/mol. The van der Waals surface area contributed by atoms with Crippen molar-refractivity contribution in [1.29, 1.82) is 0 Å². The van der Waals surface area contributed by atoms with Crippen LogP contribution in [0.2, 0.25) is 0 Å². The predicted molar refractivity (Wildman–Crippen MR) is 197 cm³/mol. The van der Waals surface area contributed by atoms with Crippen LogP contribution in [-0.2, 0) is 0 Å². The maximum atomic E-state index is 5.11. The Balaban J connectivity index is 1.26. The Hall–Kier alpha value is -5.15. The van der Waals surface area contributed by atoms with Crippen LogP contribution in [0.3, 0.4) is 0 Å². The van der Waals surface area contributed by atoms with E-state index in [-0.39, 0.29) is 6.04 Å². The minimum atomic E-state index is 0.0406. The predicted octanol–water partition coefficient (Wildman–Crippen LogP) is 10.6. The Morgan fingerprint density at radius 2 is 1.74 bits per heavy atom. The van der Waals surface area contributed by atoms with E-state index in [0.29, 0.717) is 12.5 Å². The molecule has 0 bridgehead atoms. The molecule has 1 aliphatic heterocycles. The van der Waals surface area contributed by atoms with Crippen molar-refractivity contribution in [2.75, 3.05) is 6.54 Å². The lowest BCUT2D eigenvalue weighted by atomic mass is 9.86. The van der Waals surface area contributed by atoms with Crippen LogP contribution < -0.4 is 10.6 Å². The van der Waals surface area contributed by atoms with Crippen molar-refractivity contribution in [1.82, 2.24) is 15.6 Å². The molecule has 1 aliphatic carbocycles. The van der Waals surface area contributed by atoms with Gasteiger partial charge in [0.2, 0.25) is 0 Å². The van der Waals surface area contributed by atoms with Gasteiger partial charge in [0.1, 0.15) is 0 Å². The first kappa shape index (κ1) is 30.9. The Bertz CT molecular complexity index is 1980. The Labute approximate surface area is 273 Å². The van der Waals surface area contributed by atoms with Gasteiger partial charge in [0, 0.05) is 28.8 Å². The van der Waals surface area contributed by atoms with E-state index in [1.54, 1.807) is 0 Å². The van der Waals surface area contributed by atoms with Crippen LogP contribution in [0.4, 0.5) is 0 Å². The molecule has 1 aromatic heterocycles. The van der Waals surface area contributed by atoms with E-state index in [0.717, 1.165) is 52.0 Å². The molecule has 0 fully saturated rings. The number of nitrogens with zero attached hydrogens (tertiary/aromatic N) is 1. The minimum absolute atomic E-state index is 0.0406. The standard InChI is InChI=1S/C43H43N3/c1-6-13-31-15-12-16-36(37(31)9-4)28-44-41(29(5)7-2)43-30(8-3)24-26-40(46-43)34-21-19-33(20-22-34)39-27-25-35-23-18-32-14-10-11-17-38(32)42(35)45-39/h6-7,9-14,16-27,31,40,44,46H,2,4,8,15,28H2,1,3,5H3/b13-6-,41-29-. The largest absolute Gasteiger partial charge is 0.379 e. The quantitative estimate of drug-likeness (QED) is 0.108. The van der Waals surface area contributed by atoms with Gasteiger partial charge in [-0.3, -0.25) is 0 Å². The summed E-state index contributed by atoms with van der Waals surface area (Å²) >= 11 is 0. The summed E-state index contributed by atoms with van der Waals surface area (Å²) in [4.78, 5) is 5.11. The van der Waals surface area contributed by atoms with Crippen molar-refractivity contribution in [3.63, 3.8) is 0 Å². The number of benzene rings is 3. The molecule has 46 heavy (non-hydrogen) atoms. The maximum absolute atomic E-state index is 5.11. The first-order chi connectivity index (χ1) is 22.5. The van der Waals surface area contributed by atoms with Crippen molar-refractivity contribution in [2.45, 2.75) is 39.7 Å². The van der Waals surface area contributed by atoms with E-state index in [4.69, 9.17) is 4.98 Å². The first-order valence-corrected chi connectivity index (χ1v) is 16.3. The van der Waals surface area contributed by atoms with Gasteiger partial charge in [-0.2, -0.15) is 0 Å². The van der Waals surface area contributed by atoms with Crippen molar-refractivity contribution in [3.8, 4) is 11.3 Å². The molecule has 0 amide bonds. The summed E-state index contributed by atoms with van der Waals surface area (Å²) in [7, 11) is 0. The molecule has 4 aromatic rings. The van der Waals surface area contributed by atoms with Gasteiger partial charge in [-0.05, 0) is 66.0 Å². The highest BCUT2D eigenvalue weighted by molar-refractivity contribution is 6.05. The second kappa shape index (κ2) is 13.9. The van der Waals surface area contributed by atoms with Crippen LogP contribution in [0.1, 0.15) is 45.2 Å². The van der Waals surface area contributed by atoms with E-state index in [1.165, 1.54) is 33.1 Å². The summed E-state index contributed by atoms with van der Waals surface area (Å²) in [5.74, 6) is 0.370. The number of hydrogen-bond donors (Lipinski definition) is 2. The third-order valence-corrected chi connectivity index (χ3v) is 9.17. The van der Waals surface area contributed by atoms with Crippen molar-refractivity contribution >= 4 is 21.7 Å². The number of allylic oxidation sites excluding steroid dienone is 9. The van der Waals surface area contributed by atoms with Gasteiger partial charge in [-0.15, -0.1) is 0 Å². The molecule has 3 aromatic carbocycles. The van der Waals surface area contributed by atoms with E-state index >= 15 is 0 Å². The van der Waals surface area contributed by atoms with E-state index < -0.39 is 0 Å².